The van der Waals surface area contributed by atoms with Gasteiger partial charge in [-0.25, -0.2) is 27.6 Å². The minimum atomic E-state index is -3.68. The van der Waals surface area contributed by atoms with E-state index in [1.54, 1.807) is 44.2 Å². The Morgan fingerprint density at radius 2 is 1.85 bits per heavy atom. The number of morpholine rings is 1. The largest absolute Gasteiger partial charge is 0.394 e. The molecule has 12 heteroatoms. The van der Waals surface area contributed by atoms with Gasteiger partial charge in [0, 0.05) is 29.6 Å². The van der Waals surface area contributed by atoms with Crippen molar-refractivity contribution in [1.82, 2.24) is 15.3 Å². The van der Waals surface area contributed by atoms with Gasteiger partial charge in [0.15, 0.2) is 9.84 Å². The molecule has 0 bridgehead atoms. The van der Waals surface area contributed by atoms with Crippen LogP contribution < -0.4 is 15.5 Å². The SMILES string of the molecule is CC1COCCN1c1nc(-c2ccc(NC(=O)NC(C)(C)CO)cc2)cc(-c2cc(F)ccc2S(C)(=O)=O)n1. The monoisotopic (exact) mass is 557 g/mol. The Hall–Kier alpha value is -3.61. The quantitative estimate of drug-likeness (QED) is 0.376. The van der Waals surface area contributed by atoms with Gasteiger partial charge in [0.2, 0.25) is 5.95 Å². The molecule has 4 rings (SSSR count). The van der Waals surface area contributed by atoms with E-state index in [-0.39, 0.29) is 28.8 Å². The topological polar surface area (TPSA) is 134 Å². The number of aliphatic hydroxyl groups is 1. The smallest absolute Gasteiger partial charge is 0.319 e. The molecule has 2 aromatic carbocycles. The number of halogens is 1. The number of carbonyl (C=O) groups excluding carboxylic acids is 1. The fourth-order valence-electron chi connectivity index (χ4n) is 4.13. The number of carbonyl (C=O) groups is 1. The summed E-state index contributed by atoms with van der Waals surface area (Å²) in [5.41, 5.74) is 1.32. The maximum absolute atomic E-state index is 14.3. The second kappa shape index (κ2) is 11.2. The molecular weight excluding hydrogens is 525 g/mol. The molecule has 1 saturated heterocycles. The van der Waals surface area contributed by atoms with E-state index in [2.05, 4.69) is 15.6 Å². The summed E-state index contributed by atoms with van der Waals surface area (Å²) < 4.78 is 44.9. The third kappa shape index (κ3) is 6.88. The van der Waals surface area contributed by atoms with Crippen molar-refractivity contribution >= 4 is 27.5 Å². The van der Waals surface area contributed by atoms with Crippen LogP contribution in [0.1, 0.15) is 20.8 Å². The van der Waals surface area contributed by atoms with Crippen molar-refractivity contribution in [3.05, 3.63) is 54.3 Å². The zero-order valence-electron chi connectivity index (χ0n) is 22.2. The molecule has 1 aliphatic rings. The first-order chi connectivity index (χ1) is 18.4. The summed E-state index contributed by atoms with van der Waals surface area (Å²) in [5.74, 6) is -0.216. The van der Waals surface area contributed by atoms with Crippen LogP contribution in [0.4, 0.5) is 20.8 Å². The zero-order valence-corrected chi connectivity index (χ0v) is 23.0. The molecule has 1 aliphatic heterocycles. The van der Waals surface area contributed by atoms with Crippen molar-refractivity contribution in [3.8, 4) is 22.5 Å². The number of aliphatic hydroxyl groups excluding tert-OH is 1. The van der Waals surface area contributed by atoms with Crippen LogP contribution in [0.15, 0.2) is 53.4 Å². The van der Waals surface area contributed by atoms with Crippen LogP contribution in [0.2, 0.25) is 0 Å². The molecule has 39 heavy (non-hydrogen) atoms. The van der Waals surface area contributed by atoms with Gasteiger partial charge in [-0.2, -0.15) is 0 Å². The summed E-state index contributed by atoms with van der Waals surface area (Å²) in [6.45, 7) is 6.65. The number of nitrogens with zero attached hydrogens (tertiary/aromatic N) is 3. The van der Waals surface area contributed by atoms with Gasteiger partial charge in [0.1, 0.15) is 5.82 Å². The van der Waals surface area contributed by atoms with E-state index >= 15 is 0 Å². The van der Waals surface area contributed by atoms with Gasteiger partial charge in [-0.1, -0.05) is 12.1 Å². The fourth-order valence-corrected chi connectivity index (χ4v) is 5.01. The lowest BCUT2D eigenvalue weighted by molar-refractivity contribution is 0.0981. The van der Waals surface area contributed by atoms with Crippen molar-refractivity contribution in [2.45, 2.75) is 37.2 Å². The van der Waals surface area contributed by atoms with Crippen molar-refractivity contribution in [2.24, 2.45) is 0 Å². The van der Waals surface area contributed by atoms with E-state index in [1.807, 2.05) is 11.8 Å². The van der Waals surface area contributed by atoms with Crippen LogP contribution in [0.5, 0.6) is 0 Å². The highest BCUT2D eigenvalue weighted by Gasteiger charge is 2.25. The van der Waals surface area contributed by atoms with Crippen LogP contribution in [0, 0.1) is 5.82 Å². The molecule has 3 aromatic rings. The van der Waals surface area contributed by atoms with Gasteiger partial charge in [-0.3, -0.25) is 0 Å². The molecule has 208 valence electrons. The number of aromatic nitrogens is 2. The van der Waals surface area contributed by atoms with E-state index in [4.69, 9.17) is 9.72 Å². The average Bonchev–Trinajstić information content (AvgIpc) is 2.88. The highest BCUT2D eigenvalue weighted by molar-refractivity contribution is 7.90. The van der Waals surface area contributed by atoms with Gasteiger partial charge < -0.3 is 25.4 Å². The maximum atomic E-state index is 14.3. The molecule has 0 radical (unpaired) electrons. The highest BCUT2D eigenvalue weighted by atomic mass is 32.2. The second-order valence-corrected chi connectivity index (χ2v) is 12.2. The molecule has 1 atom stereocenters. The molecule has 2 amide bonds. The lowest BCUT2D eigenvalue weighted by Crippen LogP contribution is -2.48. The Kier molecular flexibility index (Phi) is 8.19. The van der Waals surface area contributed by atoms with Crippen molar-refractivity contribution < 1.29 is 27.4 Å². The highest BCUT2D eigenvalue weighted by Crippen LogP contribution is 2.32. The van der Waals surface area contributed by atoms with Crippen molar-refractivity contribution in [2.75, 3.05) is 42.8 Å². The maximum Gasteiger partial charge on any atom is 0.319 e. The summed E-state index contributed by atoms with van der Waals surface area (Å²) >= 11 is 0. The van der Waals surface area contributed by atoms with Gasteiger partial charge in [0.05, 0.1) is 47.7 Å². The average molecular weight is 558 g/mol. The Balaban J connectivity index is 1.75. The number of rotatable bonds is 7. The Bertz CT molecular complexity index is 1460. The van der Waals surface area contributed by atoms with Gasteiger partial charge >= 0.3 is 6.03 Å². The predicted octanol–water partition coefficient (Wildman–Crippen LogP) is 3.47. The van der Waals surface area contributed by atoms with Crippen molar-refractivity contribution in [3.63, 3.8) is 0 Å². The summed E-state index contributed by atoms with van der Waals surface area (Å²) in [6, 6.07) is 11.5. The van der Waals surface area contributed by atoms with Crippen LogP contribution >= 0.6 is 0 Å². The van der Waals surface area contributed by atoms with Crippen LogP contribution in [-0.2, 0) is 14.6 Å². The number of benzene rings is 2. The first-order valence-corrected chi connectivity index (χ1v) is 14.3. The molecule has 2 heterocycles. The lowest BCUT2D eigenvalue weighted by Gasteiger charge is -2.33. The second-order valence-electron chi connectivity index (χ2n) is 10.2. The lowest BCUT2D eigenvalue weighted by atomic mass is 10.1. The zero-order chi connectivity index (χ0) is 28.4. The number of urea groups is 1. The van der Waals surface area contributed by atoms with Crippen LogP contribution in [-0.4, -0.2) is 73.7 Å². The number of amides is 2. The fraction of sp³-hybridized carbons (Fsp3) is 0.370. The molecule has 10 nitrogen and oxygen atoms in total. The summed E-state index contributed by atoms with van der Waals surface area (Å²) in [5, 5.41) is 14.8. The normalized spacial score (nSPS) is 16.2. The molecule has 0 aliphatic carbocycles. The minimum Gasteiger partial charge on any atom is -0.394 e. The number of hydrogen-bond donors (Lipinski definition) is 3. The molecule has 1 unspecified atom stereocenters. The first kappa shape index (κ1) is 28.4. The number of nitrogens with one attached hydrogen (secondary N) is 2. The molecule has 1 aromatic heterocycles. The Morgan fingerprint density at radius 1 is 1.15 bits per heavy atom. The van der Waals surface area contributed by atoms with Crippen molar-refractivity contribution in [1.29, 1.82) is 0 Å². The summed E-state index contributed by atoms with van der Waals surface area (Å²) in [7, 11) is -3.68. The standard InChI is InChI=1S/C27H32FN5O5S/c1-17-15-38-12-11-33(17)25-30-22(14-23(31-25)21-13-19(28)7-10-24(21)39(4,36)37)18-5-8-20(9-6-18)29-26(35)32-27(2,3)16-34/h5-10,13-14,17,34H,11-12,15-16H2,1-4H3,(H2,29,32,35). The van der Waals surface area contributed by atoms with E-state index in [9.17, 15) is 22.7 Å². The molecule has 0 spiro atoms. The van der Waals surface area contributed by atoms with Gasteiger partial charge in [0.25, 0.3) is 0 Å². The molecule has 1 fully saturated rings. The van der Waals surface area contributed by atoms with Gasteiger partial charge in [-0.05, 0) is 57.2 Å². The summed E-state index contributed by atoms with van der Waals surface area (Å²) in [6.07, 6.45) is 1.07. The van der Waals surface area contributed by atoms with E-state index in [1.165, 1.54) is 6.07 Å². The first-order valence-electron chi connectivity index (χ1n) is 12.4. The number of hydrogen-bond acceptors (Lipinski definition) is 8. The molecular formula is C27H32FN5O5S. The van der Waals surface area contributed by atoms with Crippen LogP contribution in [0.25, 0.3) is 22.5 Å². The van der Waals surface area contributed by atoms with Gasteiger partial charge in [-0.15, -0.1) is 0 Å². The number of sulfone groups is 1. The predicted molar refractivity (Wildman–Crippen MR) is 147 cm³/mol. The number of anilines is 2. The van der Waals surface area contributed by atoms with Crippen LogP contribution in [0.3, 0.4) is 0 Å². The van der Waals surface area contributed by atoms with E-state index in [0.717, 1.165) is 18.4 Å². The molecule has 0 saturated carbocycles. The Labute approximate surface area is 227 Å². The van der Waals surface area contributed by atoms with E-state index < -0.39 is 27.2 Å². The Morgan fingerprint density at radius 3 is 2.49 bits per heavy atom. The third-order valence-electron chi connectivity index (χ3n) is 6.24. The number of ether oxygens (including phenoxy) is 1. The third-order valence-corrected chi connectivity index (χ3v) is 7.40. The van der Waals surface area contributed by atoms with E-state index in [0.29, 0.717) is 42.7 Å². The molecule has 3 N–H and O–H groups in total. The minimum absolute atomic E-state index is 0.0306. The summed E-state index contributed by atoms with van der Waals surface area (Å²) in [4.78, 5) is 23.6.